The highest BCUT2D eigenvalue weighted by Crippen LogP contribution is 2.36. The lowest BCUT2D eigenvalue weighted by molar-refractivity contribution is 1.13. The van der Waals surface area contributed by atoms with E-state index in [1.54, 1.807) is 11.3 Å². The maximum absolute atomic E-state index is 3.52. The molecule has 0 aliphatic rings. The molecule has 0 spiro atoms. The van der Waals surface area contributed by atoms with Gasteiger partial charge >= 0.3 is 0 Å². The second-order valence-corrected chi connectivity index (χ2v) is 8.70. The lowest BCUT2D eigenvalue weighted by Gasteiger charge is -2.11. The molecule has 0 aliphatic heterocycles. The maximum Gasteiger partial charge on any atom is 0.0705 e. The predicted molar refractivity (Wildman–Crippen MR) is 105 cm³/mol. The number of rotatable bonds is 4. The third-order valence-corrected chi connectivity index (χ3v) is 6.16. The van der Waals surface area contributed by atoms with Gasteiger partial charge in [0.15, 0.2) is 0 Å². The van der Waals surface area contributed by atoms with Crippen LogP contribution in [0.4, 0.5) is 5.69 Å². The summed E-state index contributed by atoms with van der Waals surface area (Å²) in [6.45, 7) is 0. The second-order valence-electron chi connectivity index (χ2n) is 5.13. The van der Waals surface area contributed by atoms with Gasteiger partial charge in [-0.25, -0.2) is 0 Å². The minimum Gasteiger partial charge on any atom is -0.378 e. The summed E-state index contributed by atoms with van der Waals surface area (Å²) < 4.78 is 1.17. The molecule has 0 saturated carbocycles. The van der Waals surface area contributed by atoms with Crippen molar-refractivity contribution in [2.24, 2.45) is 0 Å². The fourth-order valence-electron chi connectivity index (χ4n) is 2.08. The van der Waals surface area contributed by atoms with E-state index in [9.17, 15) is 0 Å². The van der Waals surface area contributed by atoms with Gasteiger partial charge in [0.05, 0.1) is 3.79 Å². The molecule has 2 heterocycles. The van der Waals surface area contributed by atoms with Crippen molar-refractivity contribution < 1.29 is 0 Å². The zero-order valence-electron chi connectivity index (χ0n) is 12.4. The van der Waals surface area contributed by atoms with Gasteiger partial charge < -0.3 is 4.90 Å². The molecule has 0 N–H and O–H groups in total. The highest BCUT2D eigenvalue weighted by Gasteiger charge is 2.04. The van der Waals surface area contributed by atoms with E-state index in [4.69, 9.17) is 0 Å². The first kappa shape index (κ1) is 15.5. The Morgan fingerprint density at radius 2 is 1.50 bits per heavy atom. The number of hydrogen-bond acceptors (Lipinski definition) is 3. The number of anilines is 1. The summed E-state index contributed by atoms with van der Waals surface area (Å²) in [7, 11) is 4.11. The third-order valence-electron chi connectivity index (χ3n) is 3.29. The number of benzene rings is 1. The zero-order valence-corrected chi connectivity index (χ0v) is 15.6. The van der Waals surface area contributed by atoms with Crippen molar-refractivity contribution in [2.75, 3.05) is 19.0 Å². The van der Waals surface area contributed by atoms with Crippen molar-refractivity contribution in [3.63, 3.8) is 0 Å². The smallest absolute Gasteiger partial charge is 0.0705 e. The average Bonchev–Trinajstić information content (AvgIpc) is 3.14. The van der Waals surface area contributed by atoms with Gasteiger partial charge in [0.25, 0.3) is 0 Å². The number of nitrogens with zero attached hydrogens (tertiary/aromatic N) is 1. The van der Waals surface area contributed by atoms with Crippen molar-refractivity contribution in [1.29, 1.82) is 0 Å². The number of hydrogen-bond donors (Lipinski definition) is 0. The van der Waals surface area contributed by atoms with Crippen LogP contribution in [0.3, 0.4) is 0 Å². The molecule has 0 saturated heterocycles. The molecule has 4 heteroatoms. The SMILES string of the molecule is CN(C)c1ccc(/C=C/c2ccc(-c3ccc(Br)s3)s2)cc1. The molecular weight excluding hydrogens is 374 g/mol. The lowest BCUT2D eigenvalue weighted by atomic mass is 10.2. The Labute approximate surface area is 147 Å². The van der Waals surface area contributed by atoms with Gasteiger partial charge in [-0.15, -0.1) is 22.7 Å². The van der Waals surface area contributed by atoms with E-state index < -0.39 is 0 Å². The molecule has 0 amide bonds. The first-order chi connectivity index (χ1) is 10.6. The minimum absolute atomic E-state index is 1.17. The van der Waals surface area contributed by atoms with Crippen molar-refractivity contribution in [3.8, 4) is 9.75 Å². The quantitative estimate of drug-likeness (QED) is 0.493. The molecule has 0 radical (unpaired) electrons. The van der Waals surface area contributed by atoms with E-state index in [-0.39, 0.29) is 0 Å². The molecule has 3 aromatic rings. The standard InChI is InChI=1S/C18H16BrNS2/c1-20(2)14-6-3-13(4-7-14)5-8-15-9-10-16(21-15)17-11-12-18(19)22-17/h3-12H,1-2H3/b8-5+. The Balaban J connectivity index is 1.74. The molecular formula is C18H16BrNS2. The molecule has 0 aliphatic carbocycles. The Bertz CT molecular complexity index is 782. The van der Waals surface area contributed by atoms with Crippen molar-refractivity contribution >= 4 is 56.4 Å². The largest absolute Gasteiger partial charge is 0.378 e. The summed E-state index contributed by atoms with van der Waals surface area (Å²) >= 11 is 7.11. The highest BCUT2D eigenvalue weighted by atomic mass is 79.9. The third kappa shape index (κ3) is 3.69. The van der Waals surface area contributed by atoms with E-state index in [2.05, 4.69) is 95.6 Å². The normalized spacial score (nSPS) is 11.2. The summed E-state index contributed by atoms with van der Waals surface area (Å²) in [5, 5.41) is 0. The Morgan fingerprint density at radius 1 is 0.818 bits per heavy atom. The second kappa shape index (κ2) is 6.82. The monoisotopic (exact) mass is 389 g/mol. The fourth-order valence-corrected chi connectivity index (χ4v) is 4.47. The predicted octanol–water partition coefficient (Wildman–Crippen LogP) is 6.48. The maximum atomic E-state index is 3.52. The molecule has 0 fully saturated rings. The summed E-state index contributed by atoms with van der Waals surface area (Å²) in [4.78, 5) is 6.01. The lowest BCUT2D eigenvalue weighted by Crippen LogP contribution is -2.07. The van der Waals surface area contributed by atoms with Crippen LogP contribution in [0, 0.1) is 0 Å². The zero-order chi connectivity index (χ0) is 15.5. The van der Waals surface area contributed by atoms with Crippen LogP contribution >= 0.6 is 38.6 Å². The Kier molecular flexibility index (Phi) is 4.81. The van der Waals surface area contributed by atoms with Crippen LogP contribution in [-0.4, -0.2) is 14.1 Å². The van der Waals surface area contributed by atoms with Crippen LogP contribution in [-0.2, 0) is 0 Å². The van der Waals surface area contributed by atoms with E-state index in [1.165, 1.54) is 29.7 Å². The molecule has 0 atom stereocenters. The summed E-state index contributed by atoms with van der Waals surface area (Å²) in [6.07, 6.45) is 4.35. The number of thiophene rings is 2. The van der Waals surface area contributed by atoms with Crippen molar-refractivity contribution in [2.45, 2.75) is 0 Å². The van der Waals surface area contributed by atoms with Crippen LogP contribution in [0.5, 0.6) is 0 Å². The van der Waals surface area contributed by atoms with E-state index in [0.717, 1.165) is 0 Å². The summed E-state index contributed by atoms with van der Waals surface area (Å²) in [5.74, 6) is 0. The summed E-state index contributed by atoms with van der Waals surface area (Å²) in [5.41, 5.74) is 2.44. The van der Waals surface area contributed by atoms with E-state index in [0.29, 0.717) is 0 Å². The molecule has 0 bridgehead atoms. The molecule has 1 aromatic carbocycles. The van der Waals surface area contributed by atoms with Crippen LogP contribution < -0.4 is 4.90 Å². The van der Waals surface area contributed by atoms with Gasteiger partial charge in [-0.05, 0) is 64.0 Å². The van der Waals surface area contributed by atoms with Gasteiger partial charge in [-0.3, -0.25) is 0 Å². The highest BCUT2D eigenvalue weighted by molar-refractivity contribution is 9.11. The number of halogens is 1. The average molecular weight is 390 g/mol. The van der Waals surface area contributed by atoms with Crippen LogP contribution in [0.1, 0.15) is 10.4 Å². The van der Waals surface area contributed by atoms with Crippen LogP contribution in [0.25, 0.3) is 21.9 Å². The van der Waals surface area contributed by atoms with Crippen LogP contribution in [0.15, 0.2) is 52.3 Å². The topological polar surface area (TPSA) is 3.24 Å². The van der Waals surface area contributed by atoms with Gasteiger partial charge in [-0.1, -0.05) is 18.2 Å². The van der Waals surface area contributed by atoms with Gasteiger partial charge in [0.1, 0.15) is 0 Å². The molecule has 0 unspecified atom stereocenters. The van der Waals surface area contributed by atoms with E-state index >= 15 is 0 Å². The minimum atomic E-state index is 1.17. The van der Waals surface area contributed by atoms with E-state index in [1.807, 2.05) is 11.3 Å². The molecule has 2 aromatic heterocycles. The van der Waals surface area contributed by atoms with Crippen molar-refractivity contribution in [3.05, 3.63) is 62.8 Å². The Hall–Kier alpha value is -1.36. The fraction of sp³-hybridized carbons (Fsp3) is 0.111. The molecule has 22 heavy (non-hydrogen) atoms. The van der Waals surface area contributed by atoms with Gasteiger partial charge in [-0.2, -0.15) is 0 Å². The van der Waals surface area contributed by atoms with Gasteiger partial charge in [0, 0.05) is 34.4 Å². The molecule has 112 valence electrons. The first-order valence-electron chi connectivity index (χ1n) is 6.93. The van der Waals surface area contributed by atoms with Crippen LogP contribution in [0.2, 0.25) is 0 Å². The van der Waals surface area contributed by atoms with Gasteiger partial charge in [0.2, 0.25) is 0 Å². The molecule has 1 nitrogen and oxygen atoms in total. The Morgan fingerprint density at radius 3 is 2.14 bits per heavy atom. The first-order valence-corrected chi connectivity index (χ1v) is 9.35. The summed E-state index contributed by atoms with van der Waals surface area (Å²) in [6, 6.07) is 17.2. The van der Waals surface area contributed by atoms with Crippen molar-refractivity contribution in [1.82, 2.24) is 0 Å². The molecule has 3 rings (SSSR count).